The van der Waals surface area contributed by atoms with Crippen molar-refractivity contribution in [3.8, 4) is 0 Å². The molecule has 1 rings (SSSR count). The number of carbonyl (C=O) groups excluding carboxylic acids is 1. The minimum Gasteiger partial charge on any atom is -0.467 e. The fourth-order valence-electron chi connectivity index (χ4n) is 1.31. The van der Waals surface area contributed by atoms with Crippen LogP contribution in [0.15, 0.2) is 22.8 Å². The molecule has 0 fully saturated rings. The Morgan fingerprint density at radius 1 is 1.67 bits per heavy atom. The molecule has 0 bridgehead atoms. The molecule has 1 heterocycles. The van der Waals surface area contributed by atoms with E-state index >= 15 is 0 Å². The van der Waals surface area contributed by atoms with Crippen molar-refractivity contribution < 1.29 is 9.21 Å². The number of hydrogen-bond donors (Lipinski definition) is 0. The summed E-state index contributed by atoms with van der Waals surface area (Å²) in [6.45, 7) is 4.96. The topological polar surface area (TPSA) is 33.5 Å². The summed E-state index contributed by atoms with van der Waals surface area (Å²) >= 11 is 5.66. The predicted molar refractivity (Wildman–Crippen MR) is 59.7 cm³/mol. The van der Waals surface area contributed by atoms with Crippen LogP contribution in [0.4, 0.5) is 0 Å². The Balaban J connectivity index is 2.60. The zero-order valence-corrected chi connectivity index (χ0v) is 9.83. The molecule has 0 saturated carbocycles. The first-order valence-corrected chi connectivity index (χ1v) is 5.59. The van der Waals surface area contributed by atoms with Crippen molar-refractivity contribution >= 4 is 17.5 Å². The molecule has 4 heteroatoms. The number of alkyl halides is 1. The third kappa shape index (κ3) is 3.27. The number of carbonyl (C=O) groups is 1. The highest BCUT2D eigenvalue weighted by atomic mass is 35.5. The van der Waals surface area contributed by atoms with Crippen LogP contribution >= 0.6 is 11.6 Å². The second-order valence-corrected chi connectivity index (χ2v) is 3.80. The van der Waals surface area contributed by atoms with Crippen LogP contribution in [0, 0.1) is 5.92 Å². The molecule has 0 aliphatic heterocycles. The van der Waals surface area contributed by atoms with E-state index in [1.807, 2.05) is 26.0 Å². The number of furan rings is 1. The van der Waals surface area contributed by atoms with E-state index in [0.717, 1.165) is 5.76 Å². The Kier molecular flexibility index (Phi) is 4.69. The van der Waals surface area contributed by atoms with Crippen LogP contribution < -0.4 is 0 Å². The first kappa shape index (κ1) is 12.1. The Labute approximate surface area is 95.0 Å². The van der Waals surface area contributed by atoms with E-state index in [-0.39, 0.29) is 11.8 Å². The Hall–Kier alpha value is -0.960. The summed E-state index contributed by atoms with van der Waals surface area (Å²) in [4.78, 5) is 13.6. The van der Waals surface area contributed by atoms with Gasteiger partial charge in [0.25, 0.3) is 0 Å². The largest absolute Gasteiger partial charge is 0.467 e. The number of amides is 1. The van der Waals surface area contributed by atoms with E-state index in [1.54, 1.807) is 11.2 Å². The van der Waals surface area contributed by atoms with Gasteiger partial charge in [-0.25, -0.2) is 0 Å². The van der Waals surface area contributed by atoms with Crippen molar-refractivity contribution in [2.75, 3.05) is 12.4 Å². The van der Waals surface area contributed by atoms with E-state index in [9.17, 15) is 4.79 Å². The molecular formula is C11H16ClNO2. The summed E-state index contributed by atoms with van der Waals surface area (Å²) in [7, 11) is 0. The Morgan fingerprint density at radius 2 is 2.40 bits per heavy atom. The van der Waals surface area contributed by atoms with Crippen LogP contribution in [0.3, 0.4) is 0 Å². The number of rotatable bonds is 5. The van der Waals surface area contributed by atoms with Gasteiger partial charge in [-0.3, -0.25) is 4.79 Å². The Bertz CT molecular complexity index is 298. The Morgan fingerprint density at radius 3 is 2.87 bits per heavy atom. The molecule has 84 valence electrons. The van der Waals surface area contributed by atoms with Crippen molar-refractivity contribution in [2.45, 2.75) is 20.4 Å². The summed E-state index contributed by atoms with van der Waals surface area (Å²) < 4.78 is 5.20. The number of hydrogen-bond acceptors (Lipinski definition) is 2. The minimum absolute atomic E-state index is 0.0731. The van der Waals surface area contributed by atoms with Crippen LogP contribution in [-0.4, -0.2) is 23.2 Å². The van der Waals surface area contributed by atoms with Gasteiger partial charge in [-0.2, -0.15) is 0 Å². The molecule has 3 nitrogen and oxygen atoms in total. The molecule has 1 aromatic heterocycles. The van der Waals surface area contributed by atoms with Crippen molar-refractivity contribution in [3.63, 3.8) is 0 Å². The van der Waals surface area contributed by atoms with E-state index < -0.39 is 0 Å². The lowest BCUT2D eigenvalue weighted by Gasteiger charge is -2.22. The highest BCUT2D eigenvalue weighted by molar-refractivity contribution is 6.19. The van der Waals surface area contributed by atoms with Gasteiger partial charge in [0.05, 0.1) is 12.8 Å². The maximum atomic E-state index is 11.8. The maximum absolute atomic E-state index is 11.8. The first-order chi connectivity index (χ1) is 7.19. The van der Waals surface area contributed by atoms with E-state index in [4.69, 9.17) is 16.0 Å². The van der Waals surface area contributed by atoms with Gasteiger partial charge in [0, 0.05) is 18.3 Å². The highest BCUT2D eigenvalue weighted by Crippen LogP contribution is 2.10. The molecule has 0 radical (unpaired) electrons. The monoisotopic (exact) mass is 229 g/mol. The quantitative estimate of drug-likeness (QED) is 0.727. The van der Waals surface area contributed by atoms with Gasteiger partial charge in [-0.1, -0.05) is 6.92 Å². The molecule has 0 spiro atoms. The molecule has 0 aromatic carbocycles. The smallest absolute Gasteiger partial charge is 0.227 e. The molecule has 0 N–H and O–H groups in total. The summed E-state index contributed by atoms with van der Waals surface area (Å²) in [5.41, 5.74) is 0. The van der Waals surface area contributed by atoms with Gasteiger partial charge >= 0.3 is 0 Å². The zero-order chi connectivity index (χ0) is 11.3. The summed E-state index contributed by atoms with van der Waals surface area (Å²) in [6.07, 6.45) is 1.61. The van der Waals surface area contributed by atoms with Crippen LogP contribution in [0.25, 0.3) is 0 Å². The van der Waals surface area contributed by atoms with Crippen molar-refractivity contribution in [1.29, 1.82) is 0 Å². The average molecular weight is 230 g/mol. The maximum Gasteiger partial charge on any atom is 0.227 e. The molecule has 0 aliphatic carbocycles. The lowest BCUT2D eigenvalue weighted by Crippen LogP contribution is -2.35. The predicted octanol–water partition coefficient (Wildman–Crippen LogP) is 2.50. The van der Waals surface area contributed by atoms with E-state index in [2.05, 4.69) is 0 Å². The van der Waals surface area contributed by atoms with Gasteiger partial charge < -0.3 is 9.32 Å². The van der Waals surface area contributed by atoms with Gasteiger partial charge in [0.15, 0.2) is 0 Å². The van der Waals surface area contributed by atoms with Crippen LogP contribution in [0.1, 0.15) is 19.6 Å². The van der Waals surface area contributed by atoms with E-state index in [1.165, 1.54) is 0 Å². The molecule has 1 amide bonds. The second-order valence-electron chi connectivity index (χ2n) is 3.49. The third-order valence-electron chi connectivity index (χ3n) is 2.27. The van der Waals surface area contributed by atoms with Gasteiger partial charge in [0.2, 0.25) is 5.91 Å². The fraction of sp³-hybridized carbons (Fsp3) is 0.545. The second kappa shape index (κ2) is 5.81. The van der Waals surface area contributed by atoms with Crippen molar-refractivity contribution in [3.05, 3.63) is 24.2 Å². The lowest BCUT2D eigenvalue weighted by atomic mass is 10.2. The molecule has 1 aromatic rings. The molecule has 0 saturated heterocycles. The average Bonchev–Trinajstić information content (AvgIpc) is 2.76. The van der Waals surface area contributed by atoms with Gasteiger partial charge in [0.1, 0.15) is 5.76 Å². The number of nitrogens with zero attached hydrogens (tertiary/aromatic N) is 1. The molecular weight excluding hydrogens is 214 g/mol. The molecule has 0 aliphatic rings. The van der Waals surface area contributed by atoms with Crippen LogP contribution in [0.5, 0.6) is 0 Å². The molecule has 1 atom stereocenters. The standard InChI is InChI=1S/C11H16ClNO2/c1-3-13(11(14)9(2)7-12)8-10-5-4-6-15-10/h4-6,9H,3,7-8H2,1-2H3. The summed E-state index contributed by atoms with van der Waals surface area (Å²) in [6, 6.07) is 3.68. The lowest BCUT2D eigenvalue weighted by molar-refractivity contribution is -0.134. The first-order valence-electron chi connectivity index (χ1n) is 5.06. The molecule has 15 heavy (non-hydrogen) atoms. The molecule has 1 unspecified atom stereocenters. The van der Waals surface area contributed by atoms with Gasteiger partial charge in [-0.05, 0) is 19.1 Å². The fourth-order valence-corrected chi connectivity index (χ4v) is 1.45. The van der Waals surface area contributed by atoms with Crippen LogP contribution in [-0.2, 0) is 11.3 Å². The normalized spacial score (nSPS) is 12.5. The van der Waals surface area contributed by atoms with Crippen molar-refractivity contribution in [2.24, 2.45) is 5.92 Å². The summed E-state index contributed by atoms with van der Waals surface area (Å²) in [5, 5.41) is 0. The minimum atomic E-state index is -0.137. The zero-order valence-electron chi connectivity index (χ0n) is 9.07. The third-order valence-corrected chi connectivity index (χ3v) is 2.74. The van der Waals surface area contributed by atoms with Crippen molar-refractivity contribution in [1.82, 2.24) is 4.90 Å². The van der Waals surface area contributed by atoms with E-state index in [0.29, 0.717) is 19.0 Å². The van der Waals surface area contributed by atoms with Gasteiger partial charge in [-0.15, -0.1) is 11.6 Å². The highest BCUT2D eigenvalue weighted by Gasteiger charge is 2.19. The SMILES string of the molecule is CCN(Cc1ccco1)C(=O)C(C)CCl. The summed E-state index contributed by atoms with van der Waals surface area (Å²) in [5.74, 6) is 1.09. The van der Waals surface area contributed by atoms with Crippen LogP contribution in [0.2, 0.25) is 0 Å². The number of halogens is 1.